The number of allylic oxidation sites excluding steroid dienone is 1. The van der Waals surface area contributed by atoms with Crippen LogP contribution in [0.5, 0.6) is 17.2 Å². The first-order valence-corrected chi connectivity index (χ1v) is 24.7. The highest BCUT2D eigenvalue weighted by Gasteiger charge is 2.35. The Balaban J connectivity index is 0.916. The van der Waals surface area contributed by atoms with Crippen LogP contribution in [0.1, 0.15) is 54.6 Å². The molecule has 5 aromatic rings. The maximum atomic E-state index is 14.1. The van der Waals surface area contributed by atoms with Gasteiger partial charge < -0.3 is 29.0 Å². The number of nitro benzene ring substituents is 1. The number of halogens is 1. The lowest BCUT2D eigenvalue weighted by molar-refractivity contribution is -0.386. The number of methoxy groups -OCH3 is 1. The molecule has 0 saturated carbocycles. The van der Waals surface area contributed by atoms with Crippen molar-refractivity contribution < 1.29 is 37.1 Å². The lowest BCUT2D eigenvalue weighted by Crippen LogP contribution is -2.50. The van der Waals surface area contributed by atoms with Crippen molar-refractivity contribution >= 4 is 61.6 Å². The van der Waals surface area contributed by atoms with E-state index in [9.17, 15) is 28.1 Å². The molecule has 2 aromatic heterocycles. The van der Waals surface area contributed by atoms with E-state index in [0.29, 0.717) is 57.2 Å². The molecule has 1 aliphatic carbocycles. The third kappa shape index (κ3) is 10.4. The van der Waals surface area contributed by atoms with E-state index < -0.39 is 31.4 Å². The quantitative estimate of drug-likeness (QED) is 0.0912. The second-order valence-corrected chi connectivity index (χ2v) is 20.9. The second-order valence-electron chi connectivity index (χ2n) is 18.8. The fourth-order valence-corrected chi connectivity index (χ4v) is 10.9. The number of amides is 2. The fourth-order valence-electron chi connectivity index (χ4n) is 9.75. The second kappa shape index (κ2) is 19.4. The summed E-state index contributed by atoms with van der Waals surface area (Å²) in [4.78, 5) is 53.3. The number of nitro groups is 1. The number of benzene rings is 3. The van der Waals surface area contributed by atoms with Crippen LogP contribution in [0.2, 0.25) is 5.02 Å². The van der Waals surface area contributed by atoms with Crippen LogP contribution in [-0.2, 0) is 21.2 Å². The topological polar surface area (TPSA) is 193 Å². The molecule has 2 N–H and O–H groups in total. The van der Waals surface area contributed by atoms with E-state index in [1.54, 1.807) is 29.3 Å². The number of anilines is 1. The minimum Gasteiger partial charge on any atom is -0.493 e. The van der Waals surface area contributed by atoms with E-state index in [-0.39, 0.29) is 53.1 Å². The smallest absolute Gasteiger partial charge is 0.409 e. The minimum atomic E-state index is -4.67. The highest BCUT2D eigenvalue weighted by Crippen LogP contribution is 2.44. The van der Waals surface area contributed by atoms with E-state index in [2.05, 4.69) is 55.4 Å². The zero-order valence-corrected chi connectivity index (χ0v) is 39.9. The maximum absolute atomic E-state index is 14.1. The number of carbonyl (C=O) groups excluding carboxylic acids is 2. The molecule has 3 aliphatic heterocycles. The number of nitrogens with one attached hydrogen (secondary N) is 2. The van der Waals surface area contributed by atoms with Crippen LogP contribution in [0.15, 0.2) is 89.6 Å². The van der Waals surface area contributed by atoms with Crippen molar-refractivity contribution in [1.82, 2.24) is 29.4 Å². The number of hydrogen-bond acceptors (Lipinski definition) is 13. The molecule has 2 fully saturated rings. The zero-order valence-electron chi connectivity index (χ0n) is 38.3. The third-order valence-electron chi connectivity index (χ3n) is 13.5. The molecule has 358 valence electrons. The van der Waals surface area contributed by atoms with Crippen molar-refractivity contribution in [3.8, 4) is 17.2 Å². The number of carbonyl (C=O) groups is 2. The summed E-state index contributed by atoms with van der Waals surface area (Å²) in [6.45, 7) is 11.5. The van der Waals surface area contributed by atoms with Gasteiger partial charge in [-0.25, -0.2) is 22.9 Å². The summed E-state index contributed by atoms with van der Waals surface area (Å²) in [6.07, 6.45) is 6.33. The molecule has 3 aromatic carbocycles. The normalized spacial score (nSPS) is 19.0. The first-order valence-electron chi connectivity index (χ1n) is 22.9. The molecule has 0 spiro atoms. The standard InChI is InChI=1S/C49H55ClN8O9S/c1-49(2)12-10-35(42(27-49)33-4-6-36(50)7-5-33)30-55-14-18-56(19-15-55)37-8-9-40(45(24-37)67-38-23-34-11-13-51-46(34)52-28-38)47(59)53-68(63,64)39-25-43(58(61)62)41-22-32(31-66-44(41)26-39)29-54-16-20-57(21-17-54)48(60)65-3/h4-9,11,13,23-26,28,32H,10,12,14-22,27,29-31H2,1-3H3,(H,51,52)(H,53,59)/t32-/m0/s1. The van der Waals surface area contributed by atoms with Crippen molar-refractivity contribution in [3.05, 3.63) is 117 Å². The molecule has 17 nitrogen and oxygen atoms in total. The number of sulfonamides is 1. The Morgan fingerprint density at radius 3 is 2.47 bits per heavy atom. The van der Waals surface area contributed by atoms with Crippen molar-refractivity contribution in [2.75, 3.05) is 84.1 Å². The van der Waals surface area contributed by atoms with Gasteiger partial charge in [0, 0.05) is 112 Å². The van der Waals surface area contributed by atoms with Gasteiger partial charge in [0.1, 0.15) is 22.9 Å². The summed E-state index contributed by atoms with van der Waals surface area (Å²) in [5.41, 5.74) is 5.53. The summed E-state index contributed by atoms with van der Waals surface area (Å²) >= 11 is 6.25. The molecule has 68 heavy (non-hydrogen) atoms. The van der Waals surface area contributed by atoms with Gasteiger partial charge in [-0.1, -0.05) is 43.2 Å². The number of piperazine rings is 2. The van der Waals surface area contributed by atoms with Gasteiger partial charge in [-0.3, -0.25) is 24.7 Å². The van der Waals surface area contributed by atoms with Gasteiger partial charge in [0.15, 0.2) is 0 Å². The molecule has 9 rings (SSSR count). The highest BCUT2D eigenvalue weighted by molar-refractivity contribution is 7.90. The molecule has 2 amide bonds. The maximum Gasteiger partial charge on any atom is 0.409 e. The van der Waals surface area contributed by atoms with Crippen LogP contribution in [0.4, 0.5) is 16.2 Å². The zero-order chi connectivity index (χ0) is 47.7. The van der Waals surface area contributed by atoms with E-state index in [0.717, 1.165) is 61.1 Å². The lowest BCUT2D eigenvalue weighted by atomic mass is 9.72. The Morgan fingerprint density at radius 1 is 0.985 bits per heavy atom. The predicted octanol–water partition coefficient (Wildman–Crippen LogP) is 7.76. The average molecular weight is 968 g/mol. The van der Waals surface area contributed by atoms with Gasteiger partial charge in [0.25, 0.3) is 21.6 Å². The number of rotatable bonds is 12. The number of fused-ring (bicyclic) bond motifs is 2. The van der Waals surface area contributed by atoms with E-state index >= 15 is 0 Å². The van der Waals surface area contributed by atoms with Crippen molar-refractivity contribution in [1.29, 1.82) is 0 Å². The predicted molar refractivity (Wildman–Crippen MR) is 258 cm³/mol. The van der Waals surface area contributed by atoms with Crippen molar-refractivity contribution in [3.63, 3.8) is 0 Å². The molecule has 1 atom stereocenters. The van der Waals surface area contributed by atoms with Gasteiger partial charge in [-0.15, -0.1) is 0 Å². The molecule has 0 unspecified atom stereocenters. The highest BCUT2D eigenvalue weighted by atomic mass is 35.5. The Bertz CT molecular complexity index is 2870. The van der Waals surface area contributed by atoms with Crippen molar-refractivity contribution in [2.24, 2.45) is 11.3 Å². The SMILES string of the molecule is COC(=O)N1CCN(C[C@H]2COc3cc(S(=O)(=O)NC(=O)c4ccc(N5CCN(CC6=C(c7ccc(Cl)cc7)CC(C)(C)CC6)CC5)cc4Oc4cnc5[nH]ccc5c4)cc([N+](=O)[O-])c3C2)CC1. The fraction of sp³-hybridized carbons (Fsp3) is 0.408. The largest absolute Gasteiger partial charge is 0.493 e. The van der Waals surface area contributed by atoms with Gasteiger partial charge >= 0.3 is 6.09 Å². The van der Waals surface area contributed by atoms with Gasteiger partial charge in [0.2, 0.25) is 0 Å². The van der Waals surface area contributed by atoms with Gasteiger partial charge in [-0.05, 0) is 78.6 Å². The molecule has 2 saturated heterocycles. The number of hydrogen-bond donors (Lipinski definition) is 2. The summed E-state index contributed by atoms with van der Waals surface area (Å²) in [7, 11) is -3.33. The minimum absolute atomic E-state index is 0.0639. The number of aromatic amines is 1. The van der Waals surface area contributed by atoms with Crippen LogP contribution >= 0.6 is 11.6 Å². The molecule has 0 radical (unpaired) electrons. The molecule has 4 aliphatic rings. The van der Waals surface area contributed by atoms with Crippen LogP contribution in [0.25, 0.3) is 16.6 Å². The number of aromatic nitrogens is 2. The Hall–Kier alpha value is -6.21. The third-order valence-corrected chi connectivity index (χ3v) is 15.1. The first kappa shape index (κ1) is 46.9. The lowest BCUT2D eigenvalue weighted by Gasteiger charge is -2.39. The van der Waals surface area contributed by atoms with Gasteiger partial charge in [0.05, 0.1) is 40.9 Å². The molecule has 5 heterocycles. The molecular weight excluding hydrogens is 912 g/mol. The van der Waals surface area contributed by atoms with E-state index in [1.807, 2.05) is 18.2 Å². The van der Waals surface area contributed by atoms with Gasteiger partial charge in [-0.2, -0.15) is 0 Å². The van der Waals surface area contributed by atoms with E-state index in [4.69, 9.17) is 25.8 Å². The average Bonchev–Trinajstić information content (AvgIpc) is 3.80. The number of nitrogens with zero attached hydrogens (tertiary/aromatic N) is 6. The number of H-pyrrole nitrogens is 1. The molecule has 19 heteroatoms. The number of ether oxygens (including phenoxy) is 3. The van der Waals surface area contributed by atoms with Crippen molar-refractivity contribution in [2.45, 2.75) is 44.4 Å². The molecular formula is C49H55ClN8O9S. The Kier molecular flexibility index (Phi) is 13.4. The van der Waals surface area contributed by atoms with Crippen LogP contribution in [0, 0.1) is 21.4 Å². The summed E-state index contributed by atoms with van der Waals surface area (Å²) < 4.78 is 47.3. The van der Waals surface area contributed by atoms with E-state index in [1.165, 1.54) is 42.1 Å². The Morgan fingerprint density at radius 2 is 1.74 bits per heavy atom. The Labute approximate surface area is 400 Å². The van der Waals surface area contributed by atoms with Crippen LogP contribution in [-0.4, -0.2) is 129 Å². The first-order chi connectivity index (χ1) is 32.6. The van der Waals surface area contributed by atoms with Crippen LogP contribution < -0.4 is 19.1 Å². The van der Waals surface area contributed by atoms with Crippen LogP contribution in [0.3, 0.4) is 0 Å². The number of pyridine rings is 1. The summed E-state index contributed by atoms with van der Waals surface area (Å²) in [5, 5.41) is 13.9. The summed E-state index contributed by atoms with van der Waals surface area (Å²) in [6, 6.07) is 19.0. The monoisotopic (exact) mass is 966 g/mol. The molecule has 0 bridgehead atoms. The summed E-state index contributed by atoms with van der Waals surface area (Å²) in [5.74, 6) is -0.593.